The Morgan fingerprint density at radius 2 is 1.79 bits per heavy atom. The maximum absolute atomic E-state index is 12.6. The second kappa shape index (κ2) is 10.3. The van der Waals surface area contributed by atoms with E-state index in [1.54, 1.807) is 40.5 Å². The minimum atomic E-state index is -4.40. The van der Waals surface area contributed by atoms with Crippen molar-refractivity contribution >= 4 is 17.4 Å². The SMILES string of the molecule is O=C(Oc1ccc(Cc2ccc(C(F)(F)F)cn2)cc1)N1CCN(CCc2nccs2)CC1. The van der Waals surface area contributed by atoms with Crippen LogP contribution in [0.15, 0.2) is 54.2 Å². The number of rotatable bonds is 6. The first-order chi connectivity index (χ1) is 15.9. The lowest BCUT2D eigenvalue weighted by Crippen LogP contribution is -2.49. The molecule has 1 amide bonds. The Kier molecular flexibility index (Phi) is 7.24. The van der Waals surface area contributed by atoms with Gasteiger partial charge in [0.2, 0.25) is 0 Å². The van der Waals surface area contributed by atoms with Crippen molar-refractivity contribution in [1.82, 2.24) is 19.8 Å². The average molecular weight is 477 g/mol. The first kappa shape index (κ1) is 23.2. The average Bonchev–Trinajstić information content (AvgIpc) is 3.33. The van der Waals surface area contributed by atoms with E-state index in [1.165, 1.54) is 6.07 Å². The number of carbonyl (C=O) groups excluding carboxylic acids is 1. The highest BCUT2D eigenvalue weighted by Gasteiger charge is 2.30. The molecule has 6 nitrogen and oxygen atoms in total. The quantitative estimate of drug-likeness (QED) is 0.524. The number of nitrogens with zero attached hydrogens (tertiary/aromatic N) is 4. The van der Waals surface area contributed by atoms with Crippen LogP contribution in [0.25, 0.3) is 0 Å². The normalized spacial score (nSPS) is 14.9. The van der Waals surface area contributed by atoms with Crippen molar-refractivity contribution in [2.75, 3.05) is 32.7 Å². The van der Waals surface area contributed by atoms with Gasteiger partial charge in [0.1, 0.15) is 5.75 Å². The summed E-state index contributed by atoms with van der Waals surface area (Å²) in [5.74, 6) is 0.426. The monoisotopic (exact) mass is 476 g/mol. The summed E-state index contributed by atoms with van der Waals surface area (Å²) >= 11 is 1.65. The molecule has 10 heteroatoms. The number of hydrogen-bond acceptors (Lipinski definition) is 6. The van der Waals surface area contributed by atoms with Crippen LogP contribution in [-0.2, 0) is 19.0 Å². The molecule has 0 saturated carbocycles. The van der Waals surface area contributed by atoms with Gasteiger partial charge in [0.15, 0.2) is 0 Å². The fraction of sp³-hybridized carbons (Fsp3) is 0.348. The van der Waals surface area contributed by atoms with E-state index in [0.29, 0.717) is 31.0 Å². The molecule has 0 unspecified atom stereocenters. The lowest BCUT2D eigenvalue weighted by Gasteiger charge is -2.33. The van der Waals surface area contributed by atoms with E-state index < -0.39 is 11.7 Å². The van der Waals surface area contributed by atoms with E-state index in [9.17, 15) is 18.0 Å². The van der Waals surface area contributed by atoms with Crippen LogP contribution < -0.4 is 4.74 Å². The molecule has 2 aromatic heterocycles. The Labute approximate surface area is 193 Å². The van der Waals surface area contributed by atoms with E-state index in [2.05, 4.69) is 14.9 Å². The minimum absolute atomic E-state index is 0.383. The smallest absolute Gasteiger partial charge is 0.410 e. The first-order valence-electron chi connectivity index (χ1n) is 10.6. The number of pyridine rings is 1. The highest BCUT2D eigenvalue weighted by atomic mass is 32.1. The molecule has 174 valence electrons. The van der Waals surface area contributed by atoms with Crippen molar-refractivity contribution in [3.8, 4) is 5.75 Å². The molecule has 0 radical (unpaired) electrons. The van der Waals surface area contributed by atoms with E-state index in [0.717, 1.165) is 48.9 Å². The summed E-state index contributed by atoms with van der Waals surface area (Å²) in [6, 6.07) is 9.31. The number of thiazole rings is 1. The van der Waals surface area contributed by atoms with Crippen LogP contribution in [-0.4, -0.2) is 58.6 Å². The van der Waals surface area contributed by atoms with Crippen LogP contribution in [0.5, 0.6) is 5.75 Å². The molecule has 0 aliphatic carbocycles. The number of aromatic nitrogens is 2. The molecular weight excluding hydrogens is 453 g/mol. The van der Waals surface area contributed by atoms with Gasteiger partial charge in [-0.3, -0.25) is 9.88 Å². The third kappa shape index (κ3) is 6.52. The van der Waals surface area contributed by atoms with Crippen LogP contribution in [0.3, 0.4) is 0 Å². The number of halogens is 3. The highest BCUT2D eigenvalue weighted by molar-refractivity contribution is 7.09. The number of alkyl halides is 3. The fourth-order valence-electron chi connectivity index (χ4n) is 3.53. The highest BCUT2D eigenvalue weighted by Crippen LogP contribution is 2.28. The Bertz CT molecular complexity index is 1030. The number of piperazine rings is 1. The second-order valence-electron chi connectivity index (χ2n) is 7.73. The maximum Gasteiger partial charge on any atom is 0.417 e. The summed E-state index contributed by atoms with van der Waals surface area (Å²) in [5, 5.41) is 3.09. The molecule has 0 spiro atoms. The lowest BCUT2D eigenvalue weighted by molar-refractivity contribution is -0.137. The van der Waals surface area contributed by atoms with Crippen molar-refractivity contribution in [1.29, 1.82) is 0 Å². The minimum Gasteiger partial charge on any atom is -0.410 e. The van der Waals surface area contributed by atoms with Crippen molar-refractivity contribution < 1.29 is 22.7 Å². The molecule has 0 atom stereocenters. The molecule has 1 saturated heterocycles. The largest absolute Gasteiger partial charge is 0.417 e. The van der Waals surface area contributed by atoms with Crippen LogP contribution in [0.1, 0.15) is 21.8 Å². The molecule has 33 heavy (non-hydrogen) atoms. The topological polar surface area (TPSA) is 58.6 Å². The Morgan fingerprint density at radius 1 is 1.03 bits per heavy atom. The molecule has 0 N–H and O–H groups in total. The van der Waals surface area contributed by atoms with Gasteiger partial charge >= 0.3 is 12.3 Å². The van der Waals surface area contributed by atoms with E-state index >= 15 is 0 Å². The Balaban J connectivity index is 1.23. The molecule has 3 heterocycles. The Morgan fingerprint density at radius 3 is 2.39 bits per heavy atom. The van der Waals surface area contributed by atoms with Crippen LogP contribution in [0.4, 0.5) is 18.0 Å². The van der Waals surface area contributed by atoms with Gasteiger partial charge in [-0.05, 0) is 29.8 Å². The van der Waals surface area contributed by atoms with Gasteiger partial charge in [-0.15, -0.1) is 11.3 Å². The standard InChI is InChI=1S/C23H23F3N4O2S/c24-23(25,26)18-3-4-19(28-16-18)15-17-1-5-20(6-2-17)32-22(31)30-12-10-29(11-13-30)9-7-21-27-8-14-33-21/h1-6,8,14,16H,7,9-13,15H2. The number of amides is 1. The fourth-order valence-corrected chi connectivity index (χ4v) is 4.14. The molecule has 4 rings (SSSR count). The molecule has 1 aromatic carbocycles. The summed E-state index contributed by atoms with van der Waals surface area (Å²) in [6.45, 7) is 3.72. The van der Waals surface area contributed by atoms with Gasteiger partial charge in [0, 0.05) is 69.0 Å². The lowest BCUT2D eigenvalue weighted by atomic mass is 10.1. The molecule has 1 aliphatic rings. The van der Waals surface area contributed by atoms with Gasteiger partial charge in [0.05, 0.1) is 10.6 Å². The summed E-state index contributed by atoms with van der Waals surface area (Å²) in [6.07, 6.45) is -0.834. The van der Waals surface area contributed by atoms with Crippen LogP contribution in [0, 0.1) is 0 Å². The van der Waals surface area contributed by atoms with Crippen molar-refractivity contribution in [2.45, 2.75) is 19.0 Å². The molecular formula is C23H23F3N4O2S. The second-order valence-corrected chi connectivity index (χ2v) is 8.71. The summed E-state index contributed by atoms with van der Waals surface area (Å²) in [5.41, 5.74) is 0.616. The Hall–Kier alpha value is -2.98. The van der Waals surface area contributed by atoms with Crippen molar-refractivity contribution in [3.05, 3.63) is 76.0 Å². The zero-order valence-corrected chi connectivity index (χ0v) is 18.6. The maximum atomic E-state index is 12.6. The third-order valence-electron chi connectivity index (χ3n) is 5.42. The summed E-state index contributed by atoms with van der Waals surface area (Å²) in [7, 11) is 0. The van der Waals surface area contributed by atoms with E-state index in [4.69, 9.17) is 4.74 Å². The van der Waals surface area contributed by atoms with E-state index in [-0.39, 0.29) is 6.09 Å². The number of hydrogen-bond donors (Lipinski definition) is 0. The van der Waals surface area contributed by atoms with Gasteiger partial charge in [-0.25, -0.2) is 9.78 Å². The zero-order chi connectivity index (χ0) is 23.3. The van der Waals surface area contributed by atoms with Crippen LogP contribution in [0.2, 0.25) is 0 Å². The zero-order valence-electron chi connectivity index (χ0n) is 17.8. The summed E-state index contributed by atoms with van der Waals surface area (Å²) in [4.78, 5) is 24.7. The molecule has 1 fully saturated rings. The van der Waals surface area contributed by atoms with E-state index in [1.807, 2.05) is 11.6 Å². The third-order valence-corrected chi connectivity index (χ3v) is 6.26. The molecule has 3 aromatic rings. The predicted molar refractivity (Wildman–Crippen MR) is 118 cm³/mol. The molecule has 0 bridgehead atoms. The van der Waals surface area contributed by atoms with Crippen LogP contribution >= 0.6 is 11.3 Å². The van der Waals surface area contributed by atoms with Crippen molar-refractivity contribution in [2.24, 2.45) is 0 Å². The molecule has 1 aliphatic heterocycles. The van der Waals surface area contributed by atoms with Crippen molar-refractivity contribution in [3.63, 3.8) is 0 Å². The van der Waals surface area contributed by atoms with Gasteiger partial charge in [-0.1, -0.05) is 12.1 Å². The predicted octanol–water partition coefficient (Wildman–Crippen LogP) is 4.51. The summed E-state index contributed by atoms with van der Waals surface area (Å²) < 4.78 is 43.4. The number of ether oxygens (including phenoxy) is 1. The number of benzene rings is 1. The van der Waals surface area contributed by atoms with Gasteiger partial charge < -0.3 is 9.64 Å². The number of carbonyl (C=O) groups is 1. The van der Waals surface area contributed by atoms with Gasteiger partial charge in [0.25, 0.3) is 0 Å². The van der Waals surface area contributed by atoms with Gasteiger partial charge in [-0.2, -0.15) is 13.2 Å². The first-order valence-corrected chi connectivity index (χ1v) is 11.4.